The number of aromatic nitrogens is 1. The number of nitrogens with zero attached hydrogens (tertiary/aromatic N) is 2. The zero-order valence-corrected chi connectivity index (χ0v) is 13.5. The number of hydrogen-bond donors (Lipinski definition) is 2. The predicted octanol–water partition coefficient (Wildman–Crippen LogP) is 1.39. The second-order valence-electron chi connectivity index (χ2n) is 5.58. The number of nitrogens with one attached hydrogen (secondary N) is 1. The maximum Gasteiger partial charge on any atom is 0.312 e. The van der Waals surface area contributed by atoms with Gasteiger partial charge in [0.05, 0.1) is 10.7 Å². The molecule has 1 aliphatic rings. The number of rotatable bonds is 4. The molecule has 116 valence electrons. The van der Waals surface area contributed by atoms with Gasteiger partial charge in [0.1, 0.15) is 6.04 Å². The number of urea groups is 1. The standard InChI is InChI=1S/C14H22N4O2S/c1-8(16-14(15)20)13(19)18(3)7-10-5-4-6-11-12(10)17-9(2)21-11/h8,10H,4-7H2,1-3H3,(H3,15,16,20). The van der Waals surface area contributed by atoms with E-state index >= 15 is 0 Å². The zero-order valence-electron chi connectivity index (χ0n) is 12.7. The number of hydrogen-bond acceptors (Lipinski definition) is 4. The Kier molecular flexibility index (Phi) is 4.82. The first-order chi connectivity index (χ1) is 9.88. The summed E-state index contributed by atoms with van der Waals surface area (Å²) in [5.41, 5.74) is 6.20. The Labute approximate surface area is 128 Å². The van der Waals surface area contributed by atoms with Gasteiger partial charge in [0.15, 0.2) is 0 Å². The van der Waals surface area contributed by atoms with Gasteiger partial charge in [0.25, 0.3) is 0 Å². The summed E-state index contributed by atoms with van der Waals surface area (Å²) in [4.78, 5) is 30.7. The Bertz CT molecular complexity index is 543. The average Bonchev–Trinajstić information content (AvgIpc) is 2.78. The lowest BCUT2D eigenvalue weighted by Gasteiger charge is -2.28. The molecule has 3 N–H and O–H groups in total. The van der Waals surface area contributed by atoms with E-state index in [2.05, 4.69) is 10.3 Å². The van der Waals surface area contributed by atoms with Crippen molar-refractivity contribution in [2.75, 3.05) is 13.6 Å². The molecule has 21 heavy (non-hydrogen) atoms. The number of likely N-dealkylation sites (N-methyl/N-ethyl adjacent to an activating group) is 1. The fourth-order valence-corrected chi connectivity index (χ4v) is 3.90. The van der Waals surface area contributed by atoms with Gasteiger partial charge in [0, 0.05) is 24.4 Å². The van der Waals surface area contributed by atoms with Crippen molar-refractivity contribution in [3.8, 4) is 0 Å². The van der Waals surface area contributed by atoms with Crippen LogP contribution in [0.2, 0.25) is 0 Å². The van der Waals surface area contributed by atoms with Crippen LogP contribution in [0.1, 0.15) is 41.3 Å². The van der Waals surface area contributed by atoms with Crippen molar-refractivity contribution in [2.24, 2.45) is 5.73 Å². The fraction of sp³-hybridized carbons (Fsp3) is 0.643. The zero-order chi connectivity index (χ0) is 15.6. The van der Waals surface area contributed by atoms with E-state index in [-0.39, 0.29) is 11.8 Å². The van der Waals surface area contributed by atoms with Gasteiger partial charge < -0.3 is 16.0 Å². The highest BCUT2D eigenvalue weighted by molar-refractivity contribution is 7.11. The lowest BCUT2D eigenvalue weighted by Crippen LogP contribution is -2.48. The molecule has 0 saturated carbocycles. The monoisotopic (exact) mass is 310 g/mol. The molecule has 1 heterocycles. The second-order valence-corrected chi connectivity index (χ2v) is 6.87. The Hall–Kier alpha value is -1.63. The Morgan fingerprint density at radius 3 is 2.95 bits per heavy atom. The molecule has 0 fully saturated rings. The molecular weight excluding hydrogens is 288 g/mol. The third-order valence-electron chi connectivity index (χ3n) is 3.78. The summed E-state index contributed by atoms with van der Waals surface area (Å²) >= 11 is 1.76. The summed E-state index contributed by atoms with van der Waals surface area (Å²) < 4.78 is 0. The van der Waals surface area contributed by atoms with Crippen LogP contribution in [0.3, 0.4) is 0 Å². The van der Waals surface area contributed by atoms with Crippen LogP contribution in [0, 0.1) is 6.92 Å². The number of amides is 3. The Morgan fingerprint density at radius 2 is 2.29 bits per heavy atom. The van der Waals surface area contributed by atoms with Crippen molar-refractivity contribution in [2.45, 2.75) is 45.1 Å². The molecule has 2 atom stereocenters. The van der Waals surface area contributed by atoms with E-state index in [0.29, 0.717) is 6.54 Å². The first-order valence-electron chi connectivity index (χ1n) is 7.15. The first-order valence-corrected chi connectivity index (χ1v) is 7.97. The molecule has 0 aromatic carbocycles. The third kappa shape index (κ3) is 3.72. The van der Waals surface area contributed by atoms with Crippen molar-refractivity contribution >= 4 is 23.3 Å². The van der Waals surface area contributed by atoms with Crippen LogP contribution < -0.4 is 11.1 Å². The van der Waals surface area contributed by atoms with Gasteiger partial charge in [-0.15, -0.1) is 11.3 Å². The molecule has 6 nitrogen and oxygen atoms in total. The molecule has 1 aromatic heterocycles. The highest BCUT2D eigenvalue weighted by Gasteiger charge is 2.27. The van der Waals surface area contributed by atoms with E-state index in [1.165, 1.54) is 4.88 Å². The first kappa shape index (κ1) is 15.8. The summed E-state index contributed by atoms with van der Waals surface area (Å²) in [6, 6.07) is -1.29. The quantitative estimate of drug-likeness (QED) is 0.880. The number of thiazole rings is 1. The molecule has 2 rings (SSSR count). The minimum Gasteiger partial charge on any atom is -0.352 e. The van der Waals surface area contributed by atoms with Crippen LogP contribution >= 0.6 is 11.3 Å². The predicted molar refractivity (Wildman–Crippen MR) is 82.3 cm³/mol. The summed E-state index contributed by atoms with van der Waals surface area (Å²) in [7, 11) is 1.76. The minimum atomic E-state index is -0.681. The van der Waals surface area contributed by atoms with Gasteiger partial charge >= 0.3 is 6.03 Å². The molecular formula is C14H22N4O2S. The van der Waals surface area contributed by atoms with E-state index in [4.69, 9.17) is 5.73 Å². The van der Waals surface area contributed by atoms with E-state index in [1.54, 1.807) is 30.2 Å². The number of carbonyl (C=O) groups is 2. The lowest BCUT2D eigenvalue weighted by atomic mass is 9.90. The molecule has 2 unspecified atom stereocenters. The van der Waals surface area contributed by atoms with Crippen LogP contribution in [0.25, 0.3) is 0 Å². The van der Waals surface area contributed by atoms with Gasteiger partial charge in [-0.2, -0.15) is 0 Å². The maximum absolute atomic E-state index is 12.2. The van der Waals surface area contributed by atoms with Crippen molar-refractivity contribution in [1.82, 2.24) is 15.2 Å². The van der Waals surface area contributed by atoms with Crippen molar-refractivity contribution in [1.29, 1.82) is 0 Å². The summed E-state index contributed by atoms with van der Waals surface area (Å²) in [5, 5.41) is 3.51. The number of aryl methyl sites for hydroxylation is 2. The Morgan fingerprint density at radius 1 is 1.57 bits per heavy atom. The Balaban J connectivity index is 2.01. The minimum absolute atomic E-state index is 0.132. The number of fused-ring (bicyclic) bond motifs is 1. The van der Waals surface area contributed by atoms with Crippen LogP contribution in [-0.4, -0.2) is 41.5 Å². The molecule has 7 heteroatoms. The summed E-state index contributed by atoms with van der Waals surface area (Å²) in [5.74, 6) is 0.154. The normalized spacial score (nSPS) is 18.7. The summed E-state index contributed by atoms with van der Waals surface area (Å²) in [6.45, 7) is 4.29. The lowest BCUT2D eigenvalue weighted by molar-refractivity contribution is -0.131. The van der Waals surface area contributed by atoms with Crippen LogP contribution in [0.4, 0.5) is 4.79 Å². The fourth-order valence-electron chi connectivity index (χ4n) is 2.83. The van der Waals surface area contributed by atoms with Crippen LogP contribution in [0.15, 0.2) is 0 Å². The largest absolute Gasteiger partial charge is 0.352 e. The smallest absolute Gasteiger partial charge is 0.312 e. The maximum atomic E-state index is 12.2. The second kappa shape index (κ2) is 6.43. The molecule has 0 bridgehead atoms. The van der Waals surface area contributed by atoms with Gasteiger partial charge in [0.2, 0.25) is 5.91 Å². The molecule has 0 radical (unpaired) electrons. The van der Waals surface area contributed by atoms with Crippen molar-refractivity contribution < 1.29 is 9.59 Å². The number of nitrogens with two attached hydrogens (primary N) is 1. The van der Waals surface area contributed by atoms with Gasteiger partial charge in [-0.05, 0) is 33.1 Å². The molecule has 0 spiro atoms. The van der Waals surface area contributed by atoms with Gasteiger partial charge in [-0.1, -0.05) is 0 Å². The number of primary amides is 1. The van der Waals surface area contributed by atoms with Gasteiger partial charge in [-0.25, -0.2) is 9.78 Å². The molecule has 3 amide bonds. The molecule has 1 aliphatic carbocycles. The van der Waals surface area contributed by atoms with Crippen molar-refractivity contribution in [3.63, 3.8) is 0 Å². The SMILES string of the molecule is Cc1nc2c(s1)CCCC2CN(C)C(=O)C(C)NC(N)=O. The highest BCUT2D eigenvalue weighted by Crippen LogP contribution is 2.34. The van der Waals surface area contributed by atoms with E-state index in [1.807, 2.05) is 6.92 Å². The summed E-state index contributed by atoms with van der Waals surface area (Å²) in [6.07, 6.45) is 3.27. The average molecular weight is 310 g/mol. The van der Waals surface area contributed by atoms with E-state index in [0.717, 1.165) is 30.0 Å². The number of carbonyl (C=O) groups excluding carboxylic acids is 2. The molecule has 1 aromatic rings. The molecule has 0 aliphatic heterocycles. The van der Waals surface area contributed by atoms with E-state index in [9.17, 15) is 9.59 Å². The topological polar surface area (TPSA) is 88.3 Å². The molecule has 0 saturated heterocycles. The van der Waals surface area contributed by atoms with E-state index < -0.39 is 12.1 Å². The van der Waals surface area contributed by atoms with Crippen LogP contribution in [-0.2, 0) is 11.2 Å². The van der Waals surface area contributed by atoms with Crippen LogP contribution in [0.5, 0.6) is 0 Å². The van der Waals surface area contributed by atoms with Gasteiger partial charge in [-0.3, -0.25) is 4.79 Å². The highest BCUT2D eigenvalue weighted by atomic mass is 32.1. The third-order valence-corrected chi connectivity index (χ3v) is 4.82. The van der Waals surface area contributed by atoms with Crippen molar-refractivity contribution in [3.05, 3.63) is 15.6 Å².